The first-order valence-electron chi connectivity index (χ1n) is 7.90. The Hall–Kier alpha value is -0.600. The van der Waals surface area contributed by atoms with Crippen molar-refractivity contribution in [3.8, 4) is 6.07 Å². The maximum absolute atomic E-state index is 12.5. The smallest absolute Gasteiger partial charge is 0.214 e. The Bertz CT molecular complexity index is 387. The highest BCUT2D eigenvalue weighted by atomic mass is 32.2. The minimum Gasteiger partial charge on any atom is -0.214 e. The van der Waals surface area contributed by atoms with Crippen molar-refractivity contribution in [1.82, 2.24) is 4.72 Å². The van der Waals surface area contributed by atoms with Crippen LogP contribution in [0.5, 0.6) is 0 Å². The number of hydrogen-bond acceptors (Lipinski definition) is 3. The zero-order chi connectivity index (χ0) is 15.5. The average molecular weight is 302 g/mol. The highest BCUT2D eigenvalue weighted by Crippen LogP contribution is 2.29. The SMILES string of the molecule is CCCCCCC(C#N)(CCCC)S(=O)(=O)NCCC. The van der Waals surface area contributed by atoms with E-state index in [1.807, 2.05) is 13.8 Å². The number of hydrogen-bond donors (Lipinski definition) is 1. The van der Waals surface area contributed by atoms with Gasteiger partial charge in [-0.15, -0.1) is 0 Å². The molecule has 0 saturated carbocycles. The number of nitrogens with zero attached hydrogens (tertiary/aromatic N) is 1. The molecule has 0 bridgehead atoms. The third-order valence-electron chi connectivity index (χ3n) is 3.63. The Labute approximate surface area is 125 Å². The Balaban J connectivity index is 4.96. The Morgan fingerprint density at radius 2 is 1.55 bits per heavy atom. The summed E-state index contributed by atoms with van der Waals surface area (Å²) >= 11 is 0. The fourth-order valence-corrected chi connectivity index (χ4v) is 3.94. The van der Waals surface area contributed by atoms with E-state index in [2.05, 4.69) is 17.7 Å². The van der Waals surface area contributed by atoms with Crippen LogP contribution in [-0.2, 0) is 10.0 Å². The molecule has 0 saturated heterocycles. The zero-order valence-electron chi connectivity index (χ0n) is 13.2. The van der Waals surface area contributed by atoms with E-state index in [0.29, 0.717) is 19.4 Å². The van der Waals surface area contributed by atoms with Crippen molar-refractivity contribution in [2.75, 3.05) is 6.54 Å². The molecule has 20 heavy (non-hydrogen) atoms. The van der Waals surface area contributed by atoms with Gasteiger partial charge in [0.2, 0.25) is 10.0 Å². The molecule has 1 N–H and O–H groups in total. The fraction of sp³-hybridized carbons (Fsp3) is 0.933. The van der Waals surface area contributed by atoms with Crippen LogP contribution in [0.3, 0.4) is 0 Å². The molecule has 118 valence electrons. The van der Waals surface area contributed by atoms with Crippen LogP contribution < -0.4 is 4.72 Å². The number of rotatable bonds is 12. The molecule has 5 heteroatoms. The molecule has 0 aliphatic carbocycles. The molecular formula is C15H30N2O2S. The van der Waals surface area contributed by atoms with Crippen molar-refractivity contribution in [1.29, 1.82) is 5.26 Å². The normalized spacial score (nSPS) is 14.7. The molecule has 0 rings (SSSR count). The zero-order valence-corrected chi connectivity index (χ0v) is 14.1. The van der Waals surface area contributed by atoms with Gasteiger partial charge in [-0.25, -0.2) is 13.1 Å². The van der Waals surface area contributed by atoms with Crippen molar-refractivity contribution < 1.29 is 8.42 Å². The van der Waals surface area contributed by atoms with E-state index in [0.717, 1.165) is 44.9 Å². The largest absolute Gasteiger partial charge is 0.230 e. The number of nitriles is 1. The van der Waals surface area contributed by atoms with Crippen LogP contribution in [0.15, 0.2) is 0 Å². The molecule has 0 spiro atoms. The first-order chi connectivity index (χ1) is 9.49. The molecule has 0 aromatic heterocycles. The minimum atomic E-state index is -3.57. The molecule has 1 unspecified atom stereocenters. The molecule has 0 fully saturated rings. The van der Waals surface area contributed by atoms with Gasteiger partial charge in [0, 0.05) is 6.54 Å². The van der Waals surface area contributed by atoms with Gasteiger partial charge in [-0.2, -0.15) is 5.26 Å². The molecular weight excluding hydrogens is 272 g/mol. The van der Waals surface area contributed by atoms with E-state index in [4.69, 9.17) is 0 Å². The van der Waals surface area contributed by atoms with Gasteiger partial charge in [0.25, 0.3) is 0 Å². The summed E-state index contributed by atoms with van der Waals surface area (Å²) < 4.78 is 26.3. The minimum absolute atomic E-state index is 0.410. The lowest BCUT2D eigenvalue weighted by atomic mass is 9.95. The van der Waals surface area contributed by atoms with Gasteiger partial charge in [-0.3, -0.25) is 0 Å². The number of sulfonamides is 1. The predicted molar refractivity (Wildman–Crippen MR) is 83.8 cm³/mol. The summed E-state index contributed by atoms with van der Waals surface area (Å²) in [4.78, 5) is 0. The van der Waals surface area contributed by atoms with E-state index < -0.39 is 14.8 Å². The van der Waals surface area contributed by atoms with Crippen LogP contribution in [0.1, 0.15) is 78.6 Å². The third kappa shape index (κ3) is 5.80. The molecule has 0 aliphatic rings. The summed E-state index contributed by atoms with van der Waals surface area (Å²) in [5, 5.41) is 9.53. The second kappa shape index (κ2) is 10.2. The van der Waals surface area contributed by atoms with Crippen LogP contribution >= 0.6 is 0 Å². The monoisotopic (exact) mass is 302 g/mol. The Kier molecular flexibility index (Phi) is 9.87. The van der Waals surface area contributed by atoms with E-state index in [1.165, 1.54) is 0 Å². The number of nitrogens with one attached hydrogen (secondary N) is 1. The van der Waals surface area contributed by atoms with Gasteiger partial charge in [0.15, 0.2) is 4.75 Å². The van der Waals surface area contributed by atoms with Crippen molar-refractivity contribution in [2.24, 2.45) is 0 Å². The van der Waals surface area contributed by atoms with Gasteiger partial charge in [-0.1, -0.05) is 59.3 Å². The molecule has 4 nitrogen and oxygen atoms in total. The molecule has 0 radical (unpaired) electrons. The number of unbranched alkanes of at least 4 members (excludes halogenated alkanes) is 4. The quantitative estimate of drug-likeness (QED) is 0.558. The van der Waals surface area contributed by atoms with Gasteiger partial charge in [0.1, 0.15) is 0 Å². The topological polar surface area (TPSA) is 70.0 Å². The van der Waals surface area contributed by atoms with Crippen LogP contribution in [0.2, 0.25) is 0 Å². The van der Waals surface area contributed by atoms with E-state index >= 15 is 0 Å². The van der Waals surface area contributed by atoms with Gasteiger partial charge in [0.05, 0.1) is 6.07 Å². The maximum atomic E-state index is 12.5. The average Bonchev–Trinajstić information content (AvgIpc) is 2.44. The van der Waals surface area contributed by atoms with Gasteiger partial charge in [-0.05, 0) is 19.3 Å². The van der Waals surface area contributed by atoms with Gasteiger partial charge < -0.3 is 0 Å². The van der Waals surface area contributed by atoms with Crippen molar-refractivity contribution in [2.45, 2.75) is 83.3 Å². The van der Waals surface area contributed by atoms with Crippen LogP contribution in [0.25, 0.3) is 0 Å². The summed E-state index contributed by atoms with van der Waals surface area (Å²) in [7, 11) is -3.57. The van der Waals surface area contributed by atoms with E-state index in [-0.39, 0.29) is 0 Å². The van der Waals surface area contributed by atoms with Crippen LogP contribution in [0, 0.1) is 11.3 Å². The summed E-state index contributed by atoms with van der Waals surface area (Å²) in [5.41, 5.74) is 0. The fourth-order valence-electron chi connectivity index (χ4n) is 2.24. The lowest BCUT2D eigenvalue weighted by Crippen LogP contribution is -2.45. The first-order valence-corrected chi connectivity index (χ1v) is 9.38. The first kappa shape index (κ1) is 19.4. The molecule has 0 aliphatic heterocycles. The van der Waals surface area contributed by atoms with E-state index in [1.54, 1.807) is 0 Å². The molecule has 1 atom stereocenters. The second-order valence-corrected chi connectivity index (χ2v) is 7.50. The lowest BCUT2D eigenvalue weighted by Gasteiger charge is -2.26. The Morgan fingerprint density at radius 1 is 0.950 bits per heavy atom. The Morgan fingerprint density at radius 3 is 2.05 bits per heavy atom. The molecule has 0 amide bonds. The molecule has 0 aromatic carbocycles. The van der Waals surface area contributed by atoms with Crippen molar-refractivity contribution in [3.05, 3.63) is 0 Å². The van der Waals surface area contributed by atoms with Crippen LogP contribution in [-0.4, -0.2) is 19.7 Å². The maximum Gasteiger partial charge on any atom is 0.230 e. The lowest BCUT2D eigenvalue weighted by molar-refractivity contribution is 0.473. The van der Waals surface area contributed by atoms with Crippen molar-refractivity contribution >= 4 is 10.0 Å². The summed E-state index contributed by atoms with van der Waals surface area (Å²) in [5.74, 6) is 0. The summed E-state index contributed by atoms with van der Waals surface area (Å²) in [6, 6.07) is 2.13. The third-order valence-corrected chi connectivity index (χ3v) is 5.74. The second-order valence-electron chi connectivity index (χ2n) is 5.42. The summed E-state index contributed by atoms with van der Waals surface area (Å²) in [6.07, 6.45) is 7.30. The molecule has 0 heterocycles. The molecule has 0 aromatic rings. The highest BCUT2D eigenvalue weighted by molar-refractivity contribution is 7.91. The van der Waals surface area contributed by atoms with E-state index in [9.17, 15) is 13.7 Å². The predicted octanol–water partition coefficient (Wildman–Crippen LogP) is 3.74. The van der Waals surface area contributed by atoms with Crippen LogP contribution in [0.4, 0.5) is 0 Å². The van der Waals surface area contributed by atoms with Gasteiger partial charge >= 0.3 is 0 Å². The standard InChI is InChI=1S/C15H30N2O2S/c1-4-7-9-10-12-15(14-16,11-8-5-2)20(18,19)17-13-6-3/h17H,4-13H2,1-3H3. The highest BCUT2D eigenvalue weighted by Gasteiger charge is 2.42. The van der Waals surface area contributed by atoms with Crippen molar-refractivity contribution in [3.63, 3.8) is 0 Å². The summed E-state index contributed by atoms with van der Waals surface area (Å²) in [6.45, 7) is 6.47.